The molecule has 0 saturated heterocycles. The number of sulfonamides is 1. The van der Waals surface area contributed by atoms with Gasteiger partial charge in [0.15, 0.2) is 0 Å². The molecule has 0 atom stereocenters. The first-order valence-corrected chi connectivity index (χ1v) is 9.33. The molecule has 0 bridgehead atoms. The van der Waals surface area contributed by atoms with Crippen molar-refractivity contribution in [3.63, 3.8) is 0 Å². The lowest BCUT2D eigenvalue weighted by Crippen LogP contribution is -2.13. The quantitative estimate of drug-likeness (QED) is 0.746. The highest BCUT2D eigenvalue weighted by molar-refractivity contribution is 9.10. The highest BCUT2D eigenvalue weighted by Crippen LogP contribution is 2.27. The fraction of sp³-hybridized carbons (Fsp3) is 0.200. The Morgan fingerprint density at radius 3 is 2.00 bits per heavy atom. The van der Waals surface area contributed by atoms with Crippen LogP contribution in [0.5, 0.6) is 0 Å². The first-order valence-electron chi connectivity index (χ1n) is 6.26. The molecule has 2 rings (SSSR count). The number of anilines is 1. The minimum atomic E-state index is -3.59. The largest absolute Gasteiger partial charge is 0.280 e. The molecule has 0 fully saturated rings. The van der Waals surface area contributed by atoms with E-state index in [9.17, 15) is 8.42 Å². The van der Waals surface area contributed by atoms with Gasteiger partial charge < -0.3 is 0 Å². The van der Waals surface area contributed by atoms with Gasteiger partial charge in [0, 0.05) is 14.6 Å². The van der Waals surface area contributed by atoms with Crippen molar-refractivity contribution < 1.29 is 8.42 Å². The van der Waals surface area contributed by atoms with Crippen molar-refractivity contribution in [1.82, 2.24) is 0 Å². The van der Waals surface area contributed by atoms with Crippen molar-refractivity contribution in [3.05, 3.63) is 56.0 Å². The molecule has 0 heterocycles. The Hall–Kier alpha value is -0.850. The van der Waals surface area contributed by atoms with Crippen LogP contribution in [0.15, 0.2) is 44.2 Å². The van der Waals surface area contributed by atoms with Crippen molar-refractivity contribution in [1.29, 1.82) is 0 Å². The molecule has 0 radical (unpaired) electrons. The molecule has 21 heavy (non-hydrogen) atoms. The van der Waals surface area contributed by atoms with Crippen molar-refractivity contribution in [2.75, 3.05) is 4.72 Å². The van der Waals surface area contributed by atoms with Crippen LogP contribution in [0.3, 0.4) is 0 Å². The van der Waals surface area contributed by atoms with Gasteiger partial charge in [-0.25, -0.2) is 8.42 Å². The standard InChI is InChI=1S/C15H15Br2NO2S/c1-9-8-13(4-5-14(9)16)21(19,20)18-12-6-10(2)15(17)11(3)7-12/h4-8,18H,1-3H3. The van der Waals surface area contributed by atoms with E-state index in [1.54, 1.807) is 30.3 Å². The van der Waals surface area contributed by atoms with Gasteiger partial charge in [-0.3, -0.25) is 4.72 Å². The van der Waals surface area contributed by atoms with Crippen LogP contribution in [-0.2, 0) is 10.0 Å². The monoisotopic (exact) mass is 431 g/mol. The number of nitrogens with one attached hydrogen (secondary N) is 1. The zero-order chi connectivity index (χ0) is 15.8. The van der Waals surface area contributed by atoms with Crippen molar-refractivity contribution in [3.8, 4) is 0 Å². The van der Waals surface area contributed by atoms with Crippen LogP contribution < -0.4 is 4.72 Å². The van der Waals surface area contributed by atoms with Gasteiger partial charge in [0.25, 0.3) is 10.0 Å². The molecule has 0 aliphatic heterocycles. The number of benzene rings is 2. The molecule has 0 unspecified atom stereocenters. The fourth-order valence-corrected chi connectivity index (χ4v) is 3.60. The highest BCUT2D eigenvalue weighted by atomic mass is 79.9. The first kappa shape index (κ1) is 16.5. The van der Waals surface area contributed by atoms with Gasteiger partial charge in [-0.05, 0) is 67.8 Å². The Kier molecular flexibility index (Phi) is 4.80. The van der Waals surface area contributed by atoms with Crippen molar-refractivity contribution >= 4 is 47.6 Å². The lowest BCUT2D eigenvalue weighted by atomic mass is 10.1. The van der Waals surface area contributed by atoms with E-state index < -0.39 is 10.0 Å². The van der Waals surface area contributed by atoms with Gasteiger partial charge >= 0.3 is 0 Å². The second kappa shape index (κ2) is 6.10. The third-order valence-corrected chi connectivity index (χ3v) is 6.65. The minimum absolute atomic E-state index is 0.251. The Balaban J connectivity index is 2.39. The molecule has 1 N–H and O–H groups in total. The fourth-order valence-electron chi connectivity index (χ4n) is 2.00. The highest BCUT2D eigenvalue weighted by Gasteiger charge is 2.16. The second-order valence-electron chi connectivity index (χ2n) is 4.94. The molecule has 3 nitrogen and oxygen atoms in total. The first-order chi connectivity index (χ1) is 9.70. The number of hydrogen-bond acceptors (Lipinski definition) is 2. The molecule has 2 aromatic carbocycles. The SMILES string of the molecule is Cc1cc(S(=O)(=O)Nc2cc(C)c(Br)c(C)c2)ccc1Br. The third kappa shape index (κ3) is 3.67. The van der Waals surface area contributed by atoms with E-state index in [1.165, 1.54) is 0 Å². The average molecular weight is 433 g/mol. The van der Waals surface area contributed by atoms with E-state index in [0.717, 1.165) is 25.6 Å². The maximum atomic E-state index is 12.4. The maximum Gasteiger partial charge on any atom is 0.261 e. The second-order valence-corrected chi connectivity index (χ2v) is 8.27. The number of rotatable bonds is 3. The van der Waals surface area contributed by atoms with Crippen LogP contribution >= 0.6 is 31.9 Å². The Morgan fingerprint density at radius 2 is 1.48 bits per heavy atom. The predicted octanol–water partition coefficient (Wildman–Crippen LogP) is 4.94. The van der Waals surface area contributed by atoms with E-state index in [1.807, 2.05) is 20.8 Å². The summed E-state index contributed by atoms with van der Waals surface area (Å²) < 4.78 is 29.4. The van der Waals surface area contributed by atoms with Gasteiger partial charge in [-0.2, -0.15) is 0 Å². The number of hydrogen-bond donors (Lipinski definition) is 1. The summed E-state index contributed by atoms with van der Waals surface area (Å²) in [5.41, 5.74) is 3.41. The van der Waals surface area contributed by atoms with Crippen molar-refractivity contribution in [2.45, 2.75) is 25.7 Å². The topological polar surface area (TPSA) is 46.2 Å². The van der Waals surface area contributed by atoms with Crippen molar-refractivity contribution in [2.24, 2.45) is 0 Å². The smallest absolute Gasteiger partial charge is 0.261 e. The van der Waals surface area contributed by atoms with Gasteiger partial charge in [0.05, 0.1) is 4.90 Å². The average Bonchev–Trinajstić information content (AvgIpc) is 2.38. The normalized spacial score (nSPS) is 11.5. The molecule has 0 aliphatic carbocycles. The maximum absolute atomic E-state index is 12.4. The molecule has 0 saturated carbocycles. The summed E-state index contributed by atoms with van der Waals surface area (Å²) in [4.78, 5) is 0.251. The summed E-state index contributed by atoms with van der Waals surface area (Å²) in [7, 11) is -3.59. The van der Waals surface area contributed by atoms with Gasteiger partial charge in [0.2, 0.25) is 0 Å². The summed E-state index contributed by atoms with van der Waals surface area (Å²) in [5.74, 6) is 0. The molecule has 0 amide bonds. The molecule has 0 aliphatic rings. The molecular formula is C15H15Br2NO2S. The molecule has 112 valence electrons. The lowest BCUT2D eigenvalue weighted by Gasteiger charge is -2.12. The number of halogens is 2. The zero-order valence-electron chi connectivity index (χ0n) is 11.9. The Bertz CT molecular complexity index is 778. The molecule has 0 aromatic heterocycles. The van der Waals surface area contributed by atoms with Crippen LogP contribution in [0.1, 0.15) is 16.7 Å². The van der Waals surface area contributed by atoms with Crippen LogP contribution in [0.2, 0.25) is 0 Å². The van der Waals surface area contributed by atoms with Gasteiger partial charge in [0.1, 0.15) is 0 Å². The van der Waals surface area contributed by atoms with E-state index >= 15 is 0 Å². The van der Waals surface area contributed by atoms with Crippen LogP contribution in [0.4, 0.5) is 5.69 Å². The Labute approximate surface area is 142 Å². The summed E-state index contributed by atoms with van der Waals surface area (Å²) in [6.07, 6.45) is 0. The van der Waals surface area contributed by atoms with E-state index in [-0.39, 0.29) is 4.90 Å². The lowest BCUT2D eigenvalue weighted by molar-refractivity contribution is 0.601. The summed E-state index contributed by atoms with van der Waals surface area (Å²) in [6.45, 7) is 5.72. The minimum Gasteiger partial charge on any atom is -0.280 e. The third-order valence-electron chi connectivity index (χ3n) is 3.13. The summed E-state index contributed by atoms with van der Waals surface area (Å²) >= 11 is 6.84. The Morgan fingerprint density at radius 1 is 0.905 bits per heavy atom. The van der Waals surface area contributed by atoms with Crippen LogP contribution in [0, 0.1) is 20.8 Å². The van der Waals surface area contributed by atoms with E-state index in [0.29, 0.717) is 5.69 Å². The van der Waals surface area contributed by atoms with Crippen LogP contribution in [-0.4, -0.2) is 8.42 Å². The van der Waals surface area contributed by atoms with E-state index in [4.69, 9.17) is 0 Å². The molecule has 2 aromatic rings. The van der Waals surface area contributed by atoms with Gasteiger partial charge in [-0.1, -0.05) is 31.9 Å². The van der Waals surface area contributed by atoms with E-state index in [2.05, 4.69) is 36.6 Å². The zero-order valence-corrected chi connectivity index (χ0v) is 15.9. The molecule has 0 spiro atoms. The summed E-state index contributed by atoms with van der Waals surface area (Å²) in [6, 6.07) is 8.58. The van der Waals surface area contributed by atoms with Crippen LogP contribution in [0.25, 0.3) is 0 Å². The molecular weight excluding hydrogens is 418 g/mol. The predicted molar refractivity (Wildman–Crippen MR) is 93.3 cm³/mol. The molecule has 6 heteroatoms. The van der Waals surface area contributed by atoms with Gasteiger partial charge in [-0.15, -0.1) is 0 Å². The number of aryl methyl sites for hydroxylation is 3. The summed E-state index contributed by atoms with van der Waals surface area (Å²) in [5, 5.41) is 0.